The minimum absolute atomic E-state index is 0.178. The smallest absolute Gasteiger partial charge is 0.258 e. The van der Waals surface area contributed by atoms with Crippen molar-refractivity contribution < 1.29 is 4.98 Å². The lowest BCUT2D eigenvalue weighted by Gasteiger charge is -1.99. The van der Waals surface area contributed by atoms with Crippen molar-refractivity contribution in [2.24, 2.45) is 0 Å². The van der Waals surface area contributed by atoms with E-state index >= 15 is 0 Å². The molecule has 0 aromatic carbocycles. The first-order valence-electron chi connectivity index (χ1n) is 5.68. The fourth-order valence-corrected chi connectivity index (χ4v) is 2.47. The van der Waals surface area contributed by atoms with Gasteiger partial charge in [0.05, 0.1) is 6.54 Å². The minimum Gasteiger partial charge on any atom is -0.258 e. The van der Waals surface area contributed by atoms with Crippen LogP contribution < -0.4 is 10.7 Å². The van der Waals surface area contributed by atoms with Gasteiger partial charge in [-0.1, -0.05) is 6.92 Å². The summed E-state index contributed by atoms with van der Waals surface area (Å²) in [7, 11) is 0. The van der Waals surface area contributed by atoms with Crippen molar-refractivity contribution >= 4 is 32.7 Å². The standard InChI is InChI=1S/C10H11BrN6O/c1-3-4-16-7-6(13-9(11)14-7)8-12-5(2)15-17(8)10(16)18/h3-4H2,1-2H3,(H,13,14)/p+1. The first kappa shape index (κ1) is 11.4. The van der Waals surface area contributed by atoms with Gasteiger partial charge >= 0.3 is 5.69 Å². The SMILES string of the molecule is CCCn1c(=O)n2nc(C)nc2c2[nH]c(Br)[nH+]c21. The second kappa shape index (κ2) is 3.91. The third kappa shape index (κ3) is 1.48. The maximum atomic E-state index is 12.3. The van der Waals surface area contributed by atoms with E-state index < -0.39 is 0 Å². The van der Waals surface area contributed by atoms with Crippen molar-refractivity contribution in [3.8, 4) is 0 Å². The lowest BCUT2D eigenvalue weighted by Crippen LogP contribution is -2.30. The molecule has 0 saturated carbocycles. The molecule has 8 heteroatoms. The third-order valence-electron chi connectivity index (χ3n) is 2.77. The maximum absolute atomic E-state index is 12.3. The van der Waals surface area contributed by atoms with Crippen LogP contribution in [0.5, 0.6) is 0 Å². The molecule has 3 rings (SSSR count). The molecule has 2 N–H and O–H groups in total. The Morgan fingerprint density at radius 1 is 1.50 bits per heavy atom. The summed E-state index contributed by atoms with van der Waals surface area (Å²) in [5.41, 5.74) is 1.87. The van der Waals surface area contributed by atoms with Crippen LogP contribution in [-0.2, 0) is 6.54 Å². The van der Waals surface area contributed by atoms with Crippen LogP contribution in [-0.4, -0.2) is 24.1 Å². The molecule has 94 valence electrons. The van der Waals surface area contributed by atoms with E-state index in [1.165, 1.54) is 4.52 Å². The maximum Gasteiger partial charge on any atom is 0.409 e. The lowest BCUT2D eigenvalue weighted by molar-refractivity contribution is -0.364. The van der Waals surface area contributed by atoms with Crippen LogP contribution in [0, 0.1) is 6.92 Å². The Bertz CT molecular complexity index is 798. The number of aromatic nitrogens is 6. The highest BCUT2D eigenvalue weighted by molar-refractivity contribution is 9.10. The molecule has 0 aliphatic rings. The fourth-order valence-electron chi connectivity index (χ4n) is 2.08. The zero-order valence-corrected chi connectivity index (χ0v) is 11.6. The molecular weight excluding hydrogens is 300 g/mol. The number of fused-ring (bicyclic) bond motifs is 3. The lowest BCUT2D eigenvalue weighted by atomic mass is 10.4. The van der Waals surface area contributed by atoms with E-state index in [2.05, 4.69) is 36.0 Å². The molecule has 3 aromatic heterocycles. The van der Waals surface area contributed by atoms with Crippen LogP contribution in [0.4, 0.5) is 0 Å². The van der Waals surface area contributed by atoms with Gasteiger partial charge < -0.3 is 0 Å². The van der Waals surface area contributed by atoms with E-state index in [1.807, 2.05) is 6.92 Å². The summed E-state index contributed by atoms with van der Waals surface area (Å²) in [4.78, 5) is 22.8. The van der Waals surface area contributed by atoms with Crippen LogP contribution in [0.25, 0.3) is 16.8 Å². The average Bonchev–Trinajstić information content (AvgIpc) is 2.87. The summed E-state index contributed by atoms with van der Waals surface area (Å²) in [5, 5.41) is 4.14. The highest BCUT2D eigenvalue weighted by Gasteiger charge is 2.21. The van der Waals surface area contributed by atoms with E-state index in [9.17, 15) is 4.79 Å². The number of aromatic amines is 2. The fraction of sp³-hybridized carbons (Fsp3) is 0.400. The van der Waals surface area contributed by atoms with Crippen molar-refractivity contribution in [3.63, 3.8) is 0 Å². The van der Waals surface area contributed by atoms with Gasteiger partial charge in [-0.3, -0.25) is 4.98 Å². The summed E-state index contributed by atoms with van der Waals surface area (Å²) in [5.74, 6) is 0.577. The van der Waals surface area contributed by atoms with E-state index in [0.717, 1.165) is 17.6 Å². The molecule has 0 unspecified atom stereocenters. The van der Waals surface area contributed by atoms with E-state index in [4.69, 9.17) is 0 Å². The van der Waals surface area contributed by atoms with Gasteiger partial charge in [-0.2, -0.15) is 0 Å². The molecule has 0 spiro atoms. The zero-order chi connectivity index (χ0) is 12.9. The highest BCUT2D eigenvalue weighted by Crippen LogP contribution is 2.14. The Morgan fingerprint density at radius 2 is 2.28 bits per heavy atom. The molecule has 0 radical (unpaired) electrons. The summed E-state index contributed by atoms with van der Waals surface area (Å²) in [6.45, 7) is 4.42. The molecule has 0 aliphatic heterocycles. The predicted molar refractivity (Wildman–Crippen MR) is 68.4 cm³/mol. The zero-order valence-electron chi connectivity index (χ0n) is 9.99. The van der Waals surface area contributed by atoms with Gasteiger partial charge in [-0.05, 0) is 13.3 Å². The number of aryl methyl sites for hydroxylation is 2. The number of imidazole rings is 1. The molecule has 0 fully saturated rings. The largest absolute Gasteiger partial charge is 0.409 e. The van der Waals surface area contributed by atoms with Crippen LogP contribution in [0.1, 0.15) is 19.2 Å². The van der Waals surface area contributed by atoms with Crippen molar-refractivity contribution in [1.29, 1.82) is 0 Å². The second-order valence-electron chi connectivity index (χ2n) is 4.12. The first-order valence-corrected chi connectivity index (χ1v) is 6.47. The number of nitrogens with zero attached hydrogens (tertiary/aromatic N) is 4. The van der Waals surface area contributed by atoms with Gasteiger partial charge in [0.25, 0.3) is 10.4 Å². The van der Waals surface area contributed by atoms with Crippen molar-refractivity contribution in [2.75, 3.05) is 0 Å². The molecule has 0 saturated heterocycles. The first-order chi connectivity index (χ1) is 8.61. The predicted octanol–water partition coefficient (Wildman–Crippen LogP) is 0.667. The van der Waals surface area contributed by atoms with E-state index in [1.54, 1.807) is 11.5 Å². The van der Waals surface area contributed by atoms with Gasteiger partial charge in [0.1, 0.15) is 5.82 Å². The molecule has 0 aliphatic carbocycles. The molecule has 0 bridgehead atoms. The monoisotopic (exact) mass is 311 g/mol. The molecule has 3 heterocycles. The molecular formula is C10H12BrN6O+. The Balaban J connectivity index is 2.56. The van der Waals surface area contributed by atoms with E-state index in [-0.39, 0.29) is 5.69 Å². The van der Waals surface area contributed by atoms with Crippen molar-refractivity contribution in [2.45, 2.75) is 26.8 Å². The second-order valence-corrected chi connectivity index (χ2v) is 4.91. The Kier molecular flexibility index (Phi) is 2.47. The van der Waals surface area contributed by atoms with Gasteiger partial charge in [0.15, 0.2) is 0 Å². The normalized spacial score (nSPS) is 11.7. The van der Waals surface area contributed by atoms with Gasteiger partial charge in [-0.15, -0.1) is 9.61 Å². The highest BCUT2D eigenvalue weighted by atomic mass is 79.9. The van der Waals surface area contributed by atoms with Crippen LogP contribution >= 0.6 is 15.9 Å². The Hall–Kier alpha value is -1.70. The van der Waals surface area contributed by atoms with Crippen molar-refractivity contribution in [1.82, 2.24) is 24.1 Å². The average molecular weight is 312 g/mol. The number of hydrogen-bond donors (Lipinski definition) is 1. The van der Waals surface area contributed by atoms with Gasteiger partial charge in [-0.25, -0.2) is 19.3 Å². The quantitative estimate of drug-likeness (QED) is 0.706. The summed E-state index contributed by atoms with van der Waals surface area (Å²) in [6, 6.07) is 0. The third-order valence-corrected chi connectivity index (χ3v) is 3.16. The summed E-state index contributed by atoms with van der Waals surface area (Å²) >= 11 is 3.34. The van der Waals surface area contributed by atoms with E-state index in [0.29, 0.717) is 22.8 Å². The number of halogens is 1. The number of H-pyrrole nitrogens is 2. The topological polar surface area (TPSA) is 82.1 Å². The molecule has 0 amide bonds. The molecule has 3 aromatic rings. The van der Waals surface area contributed by atoms with Gasteiger partial charge in [0.2, 0.25) is 11.2 Å². The number of hydrogen-bond acceptors (Lipinski definition) is 3. The minimum atomic E-state index is -0.178. The molecule has 18 heavy (non-hydrogen) atoms. The summed E-state index contributed by atoms with van der Waals surface area (Å²) < 4.78 is 3.71. The summed E-state index contributed by atoms with van der Waals surface area (Å²) in [6.07, 6.45) is 0.866. The van der Waals surface area contributed by atoms with Gasteiger partial charge in [0, 0.05) is 15.9 Å². The molecule has 0 atom stereocenters. The molecule has 7 nitrogen and oxygen atoms in total. The number of rotatable bonds is 2. The Morgan fingerprint density at radius 3 is 3.00 bits per heavy atom. The Labute approximate surface area is 110 Å². The van der Waals surface area contributed by atoms with Crippen LogP contribution in [0.3, 0.4) is 0 Å². The number of nitrogens with one attached hydrogen (secondary N) is 2. The van der Waals surface area contributed by atoms with Crippen LogP contribution in [0.15, 0.2) is 9.53 Å². The van der Waals surface area contributed by atoms with Crippen molar-refractivity contribution in [3.05, 3.63) is 21.0 Å². The van der Waals surface area contributed by atoms with Crippen LogP contribution in [0.2, 0.25) is 0 Å².